The van der Waals surface area contributed by atoms with Gasteiger partial charge in [0.25, 0.3) is 5.91 Å². The van der Waals surface area contributed by atoms with Crippen molar-refractivity contribution in [1.29, 1.82) is 0 Å². The molecule has 1 amide bonds. The van der Waals surface area contributed by atoms with Crippen LogP contribution in [0.15, 0.2) is 36.9 Å². The van der Waals surface area contributed by atoms with Crippen molar-refractivity contribution in [2.45, 2.75) is 32.1 Å². The molecule has 2 atom stereocenters. The zero-order valence-corrected chi connectivity index (χ0v) is 14.6. The number of carbonyl (C=O) groups excluding carboxylic acids is 1. The molecule has 7 nitrogen and oxygen atoms in total. The van der Waals surface area contributed by atoms with Gasteiger partial charge in [-0.15, -0.1) is 5.10 Å². The van der Waals surface area contributed by atoms with E-state index in [2.05, 4.69) is 20.4 Å². The summed E-state index contributed by atoms with van der Waals surface area (Å²) in [6, 6.07) is 2.96. The number of carbonyl (C=O) groups is 1. The van der Waals surface area contributed by atoms with E-state index in [1.54, 1.807) is 24.7 Å². The third kappa shape index (κ3) is 3.20. The number of fused-ring (bicyclic) bond motifs is 1. The van der Waals surface area contributed by atoms with E-state index in [1.807, 2.05) is 4.90 Å². The number of hydrogen-bond acceptors (Lipinski definition) is 5. The second-order valence-electron chi connectivity index (χ2n) is 6.46. The van der Waals surface area contributed by atoms with E-state index in [4.69, 9.17) is 0 Å². The highest BCUT2D eigenvalue weighted by Crippen LogP contribution is 2.37. The van der Waals surface area contributed by atoms with Crippen molar-refractivity contribution < 1.29 is 13.6 Å². The maximum atomic E-state index is 13.7. The standard InChI is InChI=1S/C18H18F2N6O/c1-11(19)23-18(27)15-16-22-5-3-7-26(16)24-17(15)25-6-2-4-14(25)12-8-13(20)10-21-9-12/h3,5,7-11,14H,2,4,6H2,1H3,(H,23,27)/t11-,14-/m1/s1. The molecular formula is C18H18F2N6O. The lowest BCUT2D eigenvalue weighted by Crippen LogP contribution is -2.32. The molecule has 0 bridgehead atoms. The molecule has 0 aromatic carbocycles. The van der Waals surface area contributed by atoms with Crippen molar-refractivity contribution in [3.8, 4) is 0 Å². The van der Waals surface area contributed by atoms with Gasteiger partial charge in [0.2, 0.25) is 0 Å². The molecule has 0 saturated carbocycles. The summed E-state index contributed by atoms with van der Waals surface area (Å²) in [5, 5.41) is 6.77. The second kappa shape index (κ2) is 6.90. The number of pyridine rings is 1. The van der Waals surface area contributed by atoms with E-state index < -0.39 is 18.0 Å². The average molecular weight is 372 g/mol. The molecule has 3 aromatic rings. The number of rotatable bonds is 4. The first-order valence-electron chi connectivity index (χ1n) is 8.70. The van der Waals surface area contributed by atoms with Gasteiger partial charge in [-0.1, -0.05) is 0 Å². The lowest BCUT2D eigenvalue weighted by Gasteiger charge is -2.25. The van der Waals surface area contributed by atoms with E-state index in [-0.39, 0.29) is 11.6 Å². The molecule has 0 radical (unpaired) electrons. The second-order valence-corrected chi connectivity index (χ2v) is 6.46. The van der Waals surface area contributed by atoms with Crippen LogP contribution >= 0.6 is 0 Å². The predicted octanol–water partition coefficient (Wildman–Crippen LogP) is 2.65. The Bertz CT molecular complexity index is 989. The van der Waals surface area contributed by atoms with Crippen LogP contribution in [-0.4, -0.2) is 38.3 Å². The van der Waals surface area contributed by atoms with Gasteiger partial charge in [-0.2, -0.15) is 0 Å². The van der Waals surface area contributed by atoms with E-state index in [1.165, 1.54) is 17.5 Å². The van der Waals surface area contributed by atoms with Crippen LogP contribution in [0, 0.1) is 5.82 Å². The molecule has 1 fully saturated rings. The molecule has 1 saturated heterocycles. The molecule has 27 heavy (non-hydrogen) atoms. The van der Waals surface area contributed by atoms with E-state index in [0.717, 1.165) is 19.0 Å². The number of anilines is 1. The van der Waals surface area contributed by atoms with Gasteiger partial charge in [0.1, 0.15) is 11.4 Å². The number of halogens is 2. The molecule has 0 unspecified atom stereocenters. The lowest BCUT2D eigenvalue weighted by molar-refractivity contribution is 0.0906. The molecule has 3 aromatic heterocycles. The normalized spacial score (nSPS) is 18.0. The highest BCUT2D eigenvalue weighted by Gasteiger charge is 2.33. The highest BCUT2D eigenvalue weighted by atomic mass is 19.1. The quantitative estimate of drug-likeness (QED) is 0.713. The topological polar surface area (TPSA) is 75.4 Å². The highest BCUT2D eigenvalue weighted by molar-refractivity contribution is 6.05. The van der Waals surface area contributed by atoms with Gasteiger partial charge < -0.3 is 10.2 Å². The number of hydrogen-bond donors (Lipinski definition) is 1. The summed E-state index contributed by atoms with van der Waals surface area (Å²) in [7, 11) is 0. The summed E-state index contributed by atoms with van der Waals surface area (Å²) in [5.41, 5.74) is 1.26. The minimum absolute atomic E-state index is 0.174. The number of nitrogens with zero attached hydrogens (tertiary/aromatic N) is 5. The molecule has 0 aliphatic carbocycles. The summed E-state index contributed by atoms with van der Waals surface area (Å²) >= 11 is 0. The van der Waals surface area contributed by atoms with Gasteiger partial charge >= 0.3 is 0 Å². The van der Waals surface area contributed by atoms with Crippen LogP contribution in [0.3, 0.4) is 0 Å². The zero-order chi connectivity index (χ0) is 19.0. The Hall–Kier alpha value is -3.10. The Kier molecular flexibility index (Phi) is 4.43. The molecule has 9 heteroatoms. The van der Waals surface area contributed by atoms with Gasteiger partial charge in [-0.25, -0.2) is 18.3 Å². The first kappa shape index (κ1) is 17.3. The molecule has 140 valence electrons. The van der Waals surface area contributed by atoms with Crippen LogP contribution in [-0.2, 0) is 0 Å². The van der Waals surface area contributed by atoms with Crippen molar-refractivity contribution >= 4 is 17.4 Å². The monoisotopic (exact) mass is 372 g/mol. The summed E-state index contributed by atoms with van der Waals surface area (Å²) < 4.78 is 28.5. The number of nitrogens with one attached hydrogen (secondary N) is 1. The van der Waals surface area contributed by atoms with Crippen LogP contribution < -0.4 is 10.2 Å². The predicted molar refractivity (Wildman–Crippen MR) is 94.5 cm³/mol. The minimum atomic E-state index is -1.51. The molecular weight excluding hydrogens is 354 g/mol. The summed E-state index contributed by atoms with van der Waals surface area (Å²) in [5.74, 6) is -0.601. The zero-order valence-electron chi connectivity index (χ0n) is 14.6. The molecule has 1 aliphatic rings. The molecule has 1 aliphatic heterocycles. The number of aromatic nitrogens is 4. The fourth-order valence-corrected chi connectivity index (χ4v) is 3.51. The maximum Gasteiger partial charge on any atom is 0.261 e. The van der Waals surface area contributed by atoms with Crippen molar-refractivity contribution in [3.63, 3.8) is 0 Å². The Morgan fingerprint density at radius 3 is 3.04 bits per heavy atom. The number of amides is 1. The van der Waals surface area contributed by atoms with E-state index >= 15 is 0 Å². The Labute approximate surface area is 154 Å². The summed E-state index contributed by atoms with van der Waals surface area (Å²) in [6.07, 6.45) is 6.11. The number of alkyl halides is 1. The van der Waals surface area contributed by atoms with Crippen molar-refractivity contribution in [3.05, 3.63) is 53.9 Å². The largest absolute Gasteiger partial charge is 0.347 e. The minimum Gasteiger partial charge on any atom is -0.347 e. The van der Waals surface area contributed by atoms with Gasteiger partial charge in [0.05, 0.1) is 12.2 Å². The first-order valence-corrected chi connectivity index (χ1v) is 8.70. The van der Waals surface area contributed by atoms with Gasteiger partial charge in [-0.05, 0) is 37.5 Å². The Balaban J connectivity index is 1.81. The van der Waals surface area contributed by atoms with Crippen LogP contribution in [0.4, 0.5) is 14.6 Å². The SMILES string of the molecule is C[C@H](F)NC(=O)c1c(N2CCC[C@@H]2c2cncc(F)c2)nn2cccnc12. The van der Waals surface area contributed by atoms with Crippen LogP contribution in [0.5, 0.6) is 0 Å². The van der Waals surface area contributed by atoms with Crippen LogP contribution in [0.1, 0.15) is 41.7 Å². The van der Waals surface area contributed by atoms with Crippen molar-refractivity contribution in [2.24, 2.45) is 0 Å². The Morgan fingerprint density at radius 1 is 1.41 bits per heavy atom. The van der Waals surface area contributed by atoms with Gasteiger partial charge in [0.15, 0.2) is 17.8 Å². The molecule has 4 rings (SSSR count). The molecule has 4 heterocycles. The first-order chi connectivity index (χ1) is 13.0. The summed E-state index contributed by atoms with van der Waals surface area (Å²) in [4.78, 5) is 22.8. The lowest BCUT2D eigenvalue weighted by atomic mass is 10.1. The van der Waals surface area contributed by atoms with Gasteiger partial charge in [-0.3, -0.25) is 9.78 Å². The van der Waals surface area contributed by atoms with E-state index in [0.29, 0.717) is 23.6 Å². The van der Waals surface area contributed by atoms with E-state index in [9.17, 15) is 13.6 Å². The van der Waals surface area contributed by atoms with Crippen molar-refractivity contribution in [2.75, 3.05) is 11.4 Å². The Morgan fingerprint density at radius 2 is 2.26 bits per heavy atom. The van der Waals surface area contributed by atoms with Crippen molar-refractivity contribution in [1.82, 2.24) is 24.9 Å². The fraction of sp³-hybridized carbons (Fsp3) is 0.333. The molecule has 1 N–H and O–H groups in total. The summed E-state index contributed by atoms with van der Waals surface area (Å²) in [6.45, 7) is 1.88. The third-order valence-corrected chi connectivity index (χ3v) is 4.57. The third-order valence-electron chi connectivity index (χ3n) is 4.57. The molecule has 0 spiro atoms. The maximum absolute atomic E-state index is 13.7. The van der Waals surface area contributed by atoms with Gasteiger partial charge in [0, 0.05) is 25.1 Å². The van der Waals surface area contributed by atoms with Crippen LogP contribution in [0.25, 0.3) is 5.65 Å². The fourth-order valence-electron chi connectivity index (χ4n) is 3.51. The average Bonchev–Trinajstić information content (AvgIpc) is 3.25. The smallest absolute Gasteiger partial charge is 0.261 e. The van der Waals surface area contributed by atoms with Crippen LogP contribution in [0.2, 0.25) is 0 Å².